The molecule has 6 aliphatic rings. The minimum atomic E-state index is -2.91. The molecule has 0 bridgehead atoms. The number of hydrogen-bond acceptors (Lipinski definition) is 30. The minimum absolute atomic E-state index is 0.157. The van der Waals surface area contributed by atoms with Gasteiger partial charge in [0, 0.05) is 26.7 Å². The number of carbonyl (C=O) groups is 4. The number of rotatable bonds is 49. The summed E-state index contributed by atoms with van der Waals surface area (Å²) in [7, 11) is 0. The Labute approximate surface area is 622 Å². The van der Waals surface area contributed by atoms with E-state index in [0.717, 1.165) is 65.2 Å². The Morgan fingerprint density at radius 3 is 1.51 bits per heavy atom. The van der Waals surface area contributed by atoms with Gasteiger partial charge in [-0.25, -0.2) is 4.79 Å². The number of esters is 1. The van der Waals surface area contributed by atoms with Crippen molar-refractivity contribution in [1.82, 2.24) is 16.0 Å². The second-order valence-corrected chi connectivity index (χ2v) is 29.4. The quantitative estimate of drug-likeness (QED) is 0.0206. The van der Waals surface area contributed by atoms with Crippen molar-refractivity contribution in [3.63, 3.8) is 0 Å². The molecule has 6 saturated heterocycles. The second kappa shape index (κ2) is 47.9. The standard InChI is InChI=1S/C73H129N3O30/c1-5-7-9-11-13-15-17-19-20-22-24-26-28-30-32-34-52(87)76-44(45(84)33-31-29-27-25-23-21-18-16-14-12-10-8-6-2)41-96-69-61(94)59(92)62(50(39-80)99-69)101-71-67-66(106-73(72(95)104-67)35-46(85)53(74-42(3)82)65(105-73)55(88)47(86)36-77)63(51(40-81)100-71)102-68-54(75-43(4)83)64(57(90)49(38-79)97-68)103-70-60(93)58(91)56(89)48(37-78)98-70/h31,33,44-51,53-71,77-81,84-86,88-94H,5-30,32,34-41H2,1-4H3,(H,74,82)(H,75,83)(H,76,87)/b33-31+/t44-,45-,46+,47-,48+,49+,50+,51+,53-,54+,55-,56-,57-,58-,59+,60+,61+,62+,63-,64+,65?,66-,67+,68-,69+,70-,71-,73-/m0/s1. The molecule has 1 unspecified atom stereocenters. The summed E-state index contributed by atoms with van der Waals surface area (Å²) < 4.78 is 67.4. The van der Waals surface area contributed by atoms with Crippen LogP contribution in [0.5, 0.6) is 0 Å². The van der Waals surface area contributed by atoms with Crippen LogP contribution in [0.4, 0.5) is 0 Å². The maximum Gasteiger partial charge on any atom is 0.367 e. The predicted molar refractivity (Wildman–Crippen MR) is 375 cm³/mol. The third-order valence-electron chi connectivity index (χ3n) is 20.8. The van der Waals surface area contributed by atoms with Crippen LogP contribution in [0.3, 0.4) is 0 Å². The van der Waals surface area contributed by atoms with Crippen molar-refractivity contribution in [2.24, 2.45) is 0 Å². The summed E-state index contributed by atoms with van der Waals surface area (Å²) in [5.41, 5.74) is 0. The van der Waals surface area contributed by atoms with Crippen LogP contribution in [0, 0.1) is 0 Å². The zero-order valence-corrected chi connectivity index (χ0v) is 62.3. The van der Waals surface area contributed by atoms with Crippen molar-refractivity contribution in [1.29, 1.82) is 0 Å². The summed E-state index contributed by atoms with van der Waals surface area (Å²) in [5.74, 6) is -6.43. The lowest BCUT2D eigenvalue weighted by Crippen LogP contribution is -2.75. The number of unbranched alkanes of at least 4 members (excludes halogenated alkanes) is 25. The Kier molecular flexibility index (Phi) is 41.3. The second-order valence-electron chi connectivity index (χ2n) is 29.4. The van der Waals surface area contributed by atoms with Gasteiger partial charge in [0.2, 0.25) is 17.7 Å². The van der Waals surface area contributed by atoms with Gasteiger partial charge in [-0.05, 0) is 19.3 Å². The number of aliphatic hydroxyl groups is 15. The summed E-state index contributed by atoms with van der Waals surface area (Å²) in [6, 6.07) is -4.52. The van der Waals surface area contributed by atoms with E-state index in [1.807, 2.05) is 6.08 Å². The smallest absolute Gasteiger partial charge is 0.367 e. The number of nitrogens with one attached hydrogen (secondary N) is 3. The molecule has 0 aromatic rings. The molecule has 0 radical (unpaired) electrons. The van der Waals surface area contributed by atoms with E-state index in [0.29, 0.717) is 12.8 Å². The van der Waals surface area contributed by atoms with Gasteiger partial charge in [-0.1, -0.05) is 180 Å². The third-order valence-corrected chi connectivity index (χ3v) is 20.8. The summed E-state index contributed by atoms with van der Waals surface area (Å²) in [6.45, 7) is 0.876. The molecule has 6 rings (SSSR count). The highest BCUT2D eigenvalue weighted by atomic mass is 16.8. The Bertz CT molecular complexity index is 2520. The van der Waals surface area contributed by atoms with E-state index in [4.69, 9.17) is 52.1 Å². The first-order valence-corrected chi connectivity index (χ1v) is 39.0. The number of fused-ring (bicyclic) bond motifs is 1. The number of amides is 3. The molecule has 0 saturated carbocycles. The van der Waals surface area contributed by atoms with Gasteiger partial charge in [0.05, 0.1) is 63.9 Å². The number of carbonyl (C=O) groups excluding carboxylic acids is 4. The van der Waals surface area contributed by atoms with Crippen LogP contribution in [0.15, 0.2) is 12.2 Å². The molecule has 6 heterocycles. The molecule has 33 nitrogen and oxygen atoms in total. The Hall–Kier alpha value is -3.38. The van der Waals surface area contributed by atoms with Crippen molar-refractivity contribution in [2.45, 2.75) is 385 Å². The van der Waals surface area contributed by atoms with E-state index in [1.54, 1.807) is 6.08 Å². The fourth-order valence-corrected chi connectivity index (χ4v) is 14.6. The van der Waals surface area contributed by atoms with Crippen molar-refractivity contribution in [3.05, 3.63) is 12.2 Å². The minimum Gasteiger partial charge on any atom is -0.450 e. The van der Waals surface area contributed by atoms with E-state index >= 15 is 0 Å². The molecule has 33 heteroatoms. The molecule has 0 aromatic carbocycles. The summed E-state index contributed by atoms with van der Waals surface area (Å²) in [5, 5.41) is 174. The molecule has 1 spiro atoms. The van der Waals surface area contributed by atoms with Gasteiger partial charge in [0.1, 0.15) is 110 Å². The van der Waals surface area contributed by atoms with E-state index in [9.17, 15) is 95.8 Å². The van der Waals surface area contributed by atoms with E-state index in [2.05, 4.69) is 29.8 Å². The Morgan fingerprint density at radius 1 is 0.509 bits per heavy atom. The number of aliphatic hydroxyl groups excluding tert-OH is 15. The average Bonchev–Trinajstić information content (AvgIpc) is 0.724. The summed E-state index contributed by atoms with van der Waals surface area (Å²) >= 11 is 0. The van der Waals surface area contributed by atoms with Crippen molar-refractivity contribution in [3.8, 4) is 0 Å². The molecule has 0 aromatic heterocycles. The summed E-state index contributed by atoms with van der Waals surface area (Å²) in [6.07, 6.45) is -12.7. The van der Waals surface area contributed by atoms with Gasteiger partial charge in [0.15, 0.2) is 31.3 Å². The highest BCUT2D eigenvalue weighted by molar-refractivity contribution is 5.80. The first kappa shape index (κ1) is 91.5. The van der Waals surface area contributed by atoms with Gasteiger partial charge >= 0.3 is 5.97 Å². The molecule has 106 heavy (non-hydrogen) atoms. The molecular weight excluding hydrogens is 1400 g/mol. The van der Waals surface area contributed by atoms with Gasteiger partial charge in [-0.3, -0.25) is 14.4 Å². The van der Waals surface area contributed by atoms with Crippen LogP contribution in [-0.2, 0) is 71.3 Å². The Balaban J connectivity index is 1.21. The molecule has 28 atom stereocenters. The first-order chi connectivity index (χ1) is 50.9. The molecule has 616 valence electrons. The van der Waals surface area contributed by atoms with Crippen LogP contribution in [-0.4, -0.2) is 311 Å². The van der Waals surface area contributed by atoms with Crippen molar-refractivity contribution in [2.75, 3.05) is 39.6 Å². The lowest BCUT2D eigenvalue weighted by molar-refractivity contribution is -0.421. The van der Waals surface area contributed by atoms with Gasteiger partial charge < -0.3 is 145 Å². The third kappa shape index (κ3) is 26.9. The van der Waals surface area contributed by atoms with Crippen molar-refractivity contribution >= 4 is 23.7 Å². The zero-order valence-electron chi connectivity index (χ0n) is 62.3. The van der Waals surface area contributed by atoms with Gasteiger partial charge in [-0.15, -0.1) is 0 Å². The topological polar surface area (TPSA) is 509 Å². The van der Waals surface area contributed by atoms with Crippen LogP contribution < -0.4 is 16.0 Å². The zero-order chi connectivity index (χ0) is 77.5. The van der Waals surface area contributed by atoms with Gasteiger partial charge in [-0.2, -0.15) is 0 Å². The SMILES string of the molecule is CCCCCCCCCCCCC/C=C/[C@H](O)[C@H](CO[C@@H]1O[C@H](CO)[C@@H](O[C@@H]2O[C@H](CO)[C@H](O[C@@H]3O[C@H](CO)[C@H](O)[C@H](O[C@@H]4O[C@H](CO)[C@H](O)[C@H](O)[C@H]4O)[C@H]3NC(C)=O)[C@@H]3O[C@@]4(C[C@@H](O)[C@H](NC(C)=O)C([C@@H](O)[C@@H](O)CO)O4)C(=O)O[C@@H]23)[C@H](O)[C@H]1O)NC(=O)CCCCCCCCCCCCCCCCC. The predicted octanol–water partition coefficient (Wildman–Crippen LogP) is -0.562. The van der Waals surface area contributed by atoms with E-state index in [-0.39, 0.29) is 12.3 Å². The van der Waals surface area contributed by atoms with Crippen LogP contribution in [0.25, 0.3) is 0 Å². The fourth-order valence-electron chi connectivity index (χ4n) is 14.6. The maximum atomic E-state index is 14.8. The molecule has 0 aliphatic carbocycles. The average molecular weight is 1530 g/mol. The lowest BCUT2D eigenvalue weighted by atomic mass is 9.87. The monoisotopic (exact) mass is 1530 g/mol. The normalized spacial score (nSPS) is 35.3. The van der Waals surface area contributed by atoms with E-state index in [1.165, 1.54) is 109 Å². The van der Waals surface area contributed by atoms with Crippen LogP contribution in [0.2, 0.25) is 0 Å². The summed E-state index contributed by atoms with van der Waals surface area (Å²) in [4.78, 5) is 54.0. The molecule has 18 N–H and O–H groups in total. The number of allylic oxidation sites excluding steroid dienone is 1. The van der Waals surface area contributed by atoms with Crippen LogP contribution in [0.1, 0.15) is 214 Å². The van der Waals surface area contributed by atoms with Crippen molar-refractivity contribution < 1.29 is 148 Å². The first-order valence-electron chi connectivity index (χ1n) is 39.0. The molecular formula is C73H129N3O30. The number of ether oxygens (including phenoxy) is 11. The fraction of sp³-hybridized carbons (Fsp3) is 0.918. The van der Waals surface area contributed by atoms with E-state index < -0.39 is 235 Å². The highest BCUT2D eigenvalue weighted by Crippen LogP contribution is 2.45. The molecule has 6 aliphatic heterocycles. The molecule has 3 amide bonds. The highest BCUT2D eigenvalue weighted by Gasteiger charge is 2.66. The van der Waals surface area contributed by atoms with Crippen LogP contribution >= 0.6 is 0 Å². The van der Waals surface area contributed by atoms with Gasteiger partial charge in [0.25, 0.3) is 5.79 Å². The Morgan fingerprint density at radius 2 is 0.972 bits per heavy atom. The lowest BCUT2D eigenvalue weighted by Gasteiger charge is -2.56. The maximum absolute atomic E-state index is 14.8. The molecule has 6 fully saturated rings. The largest absolute Gasteiger partial charge is 0.450 e. The number of hydrogen-bond donors (Lipinski definition) is 18.